The maximum absolute atomic E-state index is 8.89. The summed E-state index contributed by atoms with van der Waals surface area (Å²) < 4.78 is 0. The van der Waals surface area contributed by atoms with Crippen LogP contribution in [0, 0.1) is 23.7 Å². The molecule has 8 aromatic heterocycles. The Balaban J connectivity index is 0.000000561. The molecule has 0 radical (unpaired) electrons. The van der Waals surface area contributed by atoms with E-state index in [9.17, 15) is 0 Å². The van der Waals surface area contributed by atoms with E-state index in [0.29, 0.717) is 0 Å². The van der Waals surface area contributed by atoms with Crippen molar-refractivity contribution < 1.29 is 45.6 Å². The zero-order chi connectivity index (χ0) is 39.0. The molecule has 0 spiro atoms. The van der Waals surface area contributed by atoms with Crippen molar-refractivity contribution >= 4 is 11.9 Å². The van der Waals surface area contributed by atoms with Gasteiger partial charge in [0.25, 0.3) is 0 Å². The standard InChI is InChI=1S/C40H24N8.2C2H4O2.Hf/c1-2-30-38(26-11-19-42-20-12-26)32-5-6-34(47-32)40(28-15-23-44-24-16-28)36-8-7-35(48-36)39(27-13-21-43-22-14-27)33-4-3-31(46-33)37(29(1)45-30)25-9-17-41-18-10-25;2*1-2(3)4;/h1-24H;2*1H3,(H,3,4);/p-2. The number of carboxylic acids is 2. The predicted molar refractivity (Wildman–Crippen MR) is 200 cm³/mol. The molecule has 0 aliphatic carbocycles. The summed E-state index contributed by atoms with van der Waals surface area (Å²) >= 11 is 0. The number of carboxylic acid groups (broad SMARTS) is 2. The molecule has 0 aromatic carbocycles. The van der Waals surface area contributed by atoms with Crippen LogP contribution < -0.4 is 30.1 Å². The summed E-state index contributed by atoms with van der Waals surface area (Å²) in [4.78, 5) is 55.9. The number of nitrogens with zero attached hydrogens (tertiary/aromatic N) is 8. The smallest absolute Gasteiger partial charge is 0.0799 e. The monoisotopic (exact) mass is 914 g/mol. The second kappa shape index (κ2) is 18.1. The normalized spacial score (nSPS) is 11.7. The van der Waals surface area contributed by atoms with E-state index in [1.165, 1.54) is 0 Å². The summed E-state index contributed by atoms with van der Waals surface area (Å²) in [7, 11) is 0. The molecule has 9 rings (SSSR count). The molecule has 0 amide bonds. The van der Waals surface area contributed by atoms with Gasteiger partial charge in [-0.05, 0) is 59.4 Å². The Morgan fingerprint density at radius 1 is 0.368 bits per heavy atom. The minimum Gasteiger partial charge on any atom is -0.628 e. The molecule has 8 bridgehead atoms. The zero-order valence-electron chi connectivity index (χ0n) is 30.6. The minimum atomic E-state index is -1.08. The first-order chi connectivity index (χ1) is 27.3. The maximum atomic E-state index is 8.89. The van der Waals surface area contributed by atoms with Crippen LogP contribution in [0.1, 0.15) is 81.7 Å². The van der Waals surface area contributed by atoms with Crippen LogP contribution in [0.2, 0.25) is 0 Å². The Morgan fingerprint density at radius 3 is 0.649 bits per heavy atom. The van der Waals surface area contributed by atoms with E-state index in [0.717, 1.165) is 105 Å². The van der Waals surface area contributed by atoms with Crippen molar-refractivity contribution in [3.05, 3.63) is 238 Å². The molecule has 12 nitrogen and oxygen atoms in total. The molecule has 8 aromatic rings. The largest absolute Gasteiger partial charge is 0.628 e. The zero-order valence-corrected chi connectivity index (χ0v) is 34.2. The number of aliphatic carboxylic acids is 2. The molecule has 0 saturated carbocycles. The van der Waals surface area contributed by atoms with Gasteiger partial charge in [0.15, 0.2) is 0 Å². The average molecular weight is 913 g/mol. The minimum absolute atomic E-state index is 0. The van der Waals surface area contributed by atoms with Crippen molar-refractivity contribution in [3.8, 4) is 0 Å². The third-order valence-corrected chi connectivity index (χ3v) is 8.49. The van der Waals surface area contributed by atoms with Crippen LogP contribution in [0.15, 0.2) is 147 Å². The molecule has 0 N–H and O–H groups in total. The van der Waals surface area contributed by atoms with Gasteiger partial charge in [0.1, 0.15) is 0 Å². The Hall–Kier alpha value is -6.99. The predicted octanol–water partition coefficient (Wildman–Crippen LogP) is 3.00. The fourth-order valence-corrected chi connectivity index (χ4v) is 6.34. The third kappa shape index (κ3) is 9.11. The Kier molecular flexibility index (Phi) is 12.6. The van der Waals surface area contributed by atoms with E-state index in [1.54, 1.807) is 49.6 Å². The number of fused-ring (bicyclic) bond motifs is 8. The average Bonchev–Trinajstić information content (AvgIpc) is 4.04. The molecule has 9 heterocycles. The summed E-state index contributed by atoms with van der Waals surface area (Å²) in [5.41, 5.74) is 10.3. The van der Waals surface area contributed by atoms with E-state index in [1.807, 2.05) is 48.5 Å². The molecule has 57 heavy (non-hydrogen) atoms. The fraction of sp³-hybridized carbons (Fsp3) is 0.0455. The van der Waals surface area contributed by atoms with Gasteiger partial charge in [0.05, 0.1) is 71.8 Å². The first kappa shape index (κ1) is 39.7. The van der Waals surface area contributed by atoms with Gasteiger partial charge in [-0.25, -0.2) is 19.9 Å². The number of carbonyl (C=O) groups is 2. The molecular weight excluding hydrogens is 883 g/mol. The second-order valence-corrected chi connectivity index (χ2v) is 12.3. The summed E-state index contributed by atoms with van der Waals surface area (Å²) in [5, 5.41) is 17.8. The van der Waals surface area contributed by atoms with Crippen molar-refractivity contribution in [1.82, 2.24) is 39.9 Å². The molecule has 0 atom stereocenters. The summed E-state index contributed by atoms with van der Waals surface area (Å²) in [5.74, 6) is 1.47. The quantitative estimate of drug-likeness (QED) is 0.186. The van der Waals surface area contributed by atoms with E-state index < -0.39 is 11.9 Å². The molecule has 0 fully saturated rings. The number of hydrogen-bond acceptors (Lipinski definition) is 8. The summed E-state index contributed by atoms with van der Waals surface area (Å²) in [6, 6.07) is 32.3. The topological polar surface area (TPSA) is 188 Å². The fourth-order valence-electron chi connectivity index (χ4n) is 6.34. The van der Waals surface area contributed by atoms with Crippen LogP contribution in [-0.2, 0) is 35.4 Å². The van der Waals surface area contributed by atoms with Crippen molar-refractivity contribution in [3.63, 3.8) is 0 Å². The molecule has 13 heteroatoms. The van der Waals surface area contributed by atoms with Crippen molar-refractivity contribution in [2.24, 2.45) is 0 Å². The molecule has 1 aliphatic heterocycles. The van der Waals surface area contributed by atoms with E-state index in [2.05, 4.69) is 68.5 Å². The van der Waals surface area contributed by atoms with Crippen LogP contribution >= 0.6 is 0 Å². The second-order valence-electron chi connectivity index (χ2n) is 12.3. The maximum Gasteiger partial charge on any atom is 0.0799 e. The number of pyridine rings is 4. The van der Waals surface area contributed by atoms with Gasteiger partial charge in [-0.3, -0.25) is 0 Å². The van der Waals surface area contributed by atoms with Gasteiger partial charge in [-0.1, -0.05) is 0 Å². The van der Waals surface area contributed by atoms with Crippen LogP contribution in [0.4, 0.5) is 0 Å². The number of aromatic nitrogens is 8. The summed E-state index contributed by atoms with van der Waals surface area (Å²) in [6.45, 7) is 1.94. The number of rotatable bonds is 4. The first-order valence-electron chi connectivity index (χ1n) is 17.3. The number of hydrogen-bond donors (Lipinski definition) is 0. The molecule has 0 saturated heterocycles. The van der Waals surface area contributed by atoms with Gasteiger partial charge in [-0.15, -0.1) is 0 Å². The molecule has 0 unspecified atom stereocenters. The van der Waals surface area contributed by atoms with Crippen LogP contribution in [0.5, 0.6) is 0 Å². The van der Waals surface area contributed by atoms with Gasteiger partial charge in [0.2, 0.25) is 0 Å². The molecule has 276 valence electrons. The Bertz CT molecular complexity index is 2080. The van der Waals surface area contributed by atoms with Crippen molar-refractivity contribution in [2.45, 2.75) is 13.8 Å². The molecule has 1 aliphatic rings. The van der Waals surface area contributed by atoms with Gasteiger partial charge < -0.3 is 39.7 Å². The van der Waals surface area contributed by atoms with Crippen LogP contribution in [0.25, 0.3) is 0 Å². The van der Waals surface area contributed by atoms with E-state index in [-0.39, 0.29) is 25.8 Å². The number of carbonyl (C=O) groups excluding carboxylic acids is 2. The van der Waals surface area contributed by atoms with Gasteiger partial charge in [-0.2, -0.15) is 0 Å². The van der Waals surface area contributed by atoms with E-state index >= 15 is 0 Å². The SMILES string of the molecule is CC(=O)[O-].CC(=O)[O-].[Hf].c1cc([C+]2c3ccc([n-]3)[C+](c3ccncc3)c3ccc([n-]3)[C+](c3ccncc3)c3ccc([n-]3)[C+](c3ccncc3)c3ccc2[n-]3)ccn1. The van der Waals surface area contributed by atoms with Crippen molar-refractivity contribution in [1.29, 1.82) is 0 Å². The first-order valence-corrected chi connectivity index (χ1v) is 17.3. The third-order valence-electron chi connectivity index (χ3n) is 8.49. The summed E-state index contributed by atoms with van der Waals surface area (Å²) in [6.07, 6.45) is 14.3. The van der Waals surface area contributed by atoms with Crippen LogP contribution in [0.3, 0.4) is 0 Å². The van der Waals surface area contributed by atoms with Gasteiger partial charge in [0, 0.05) is 159 Å². The van der Waals surface area contributed by atoms with Gasteiger partial charge >= 0.3 is 0 Å². The Labute approximate surface area is 347 Å². The van der Waals surface area contributed by atoms with Crippen LogP contribution in [-0.4, -0.2) is 31.9 Å². The van der Waals surface area contributed by atoms with Crippen molar-refractivity contribution in [2.75, 3.05) is 0 Å². The Morgan fingerprint density at radius 2 is 0.509 bits per heavy atom. The molecular formula is C44H30HfN8O4-2. The van der Waals surface area contributed by atoms with E-state index in [4.69, 9.17) is 39.7 Å².